The zero-order valence-corrected chi connectivity index (χ0v) is 12.8. The molecule has 1 N–H and O–H groups in total. The van der Waals surface area contributed by atoms with Gasteiger partial charge in [0.15, 0.2) is 9.84 Å². The van der Waals surface area contributed by atoms with Gasteiger partial charge in [0.1, 0.15) is 0 Å². The van der Waals surface area contributed by atoms with E-state index in [0.717, 1.165) is 25.7 Å². The number of piperidine rings is 1. The number of amides is 1. The third kappa shape index (κ3) is 4.34. The van der Waals surface area contributed by atoms with E-state index in [1.165, 1.54) is 0 Å². The molecule has 0 spiro atoms. The zero-order valence-electron chi connectivity index (χ0n) is 12.0. The number of hydrogen-bond acceptors (Lipinski definition) is 5. The molecule has 2 aliphatic rings. The van der Waals surface area contributed by atoms with Gasteiger partial charge in [0.25, 0.3) is 0 Å². The van der Waals surface area contributed by atoms with Crippen LogP contribution in [0, 0.1) is 0 Å². The summed E-state index contributed by atoms with van der Waals surface area (Å²) in [5, 5.41) is 3.45. The van der Waals surface area contributed by atoms with Crippen molar-refractivity contribution in [2.75, 3.05) is 31.2 Å². The van der Waals surface area contributed by atoms with Gasteiger partial charge in [-0.2, -0.15) is 0 Å². The van der Waals surface area contributed by atoms with Gasteiger partial charge in [0, 0.05) is 25.2 Å². The van der Waals surface area contributed by atoms with Gasteiger partial charge in [-0.15, -0.1) is 0 Å². The van der Waals surface area contributed by atoms with E-state index in [1.54, 1.807) is 11.8 Å². The maximum absolute atomic E-state index is 11.6. The van der Waals surface area contributed by atoms with Crippen LogP contribution in [0.3, 0.4) is 0 Å². The van der Waals surface area contributed by atoms with Crippen LogP contribution in [0.1, 0.15) is 32.6 Å². The van der Waals surface area contributed by atoms with Crippen molar-refractivity contribution in [2.24, 2.45) is 0 Å². The molecule has 0 aromatic carbocycles. The minimum absolute atomic E-state index is 0.0768. The smallest absolute Gasteiger partial charge is 0.409 e. The van der Waals surface area contributed by atoms with E-state index in [0.29, 0.717) is 31.5 Å². The topological polar surface area (TPSA) is 75.7 Å². The largest absolute Gasteiger partial charge is 0.450 e. The molecule has 0 aromatic heterocycles. The summed E-state index contributed by atoms with van der Waals surface area (Å²) in [7, 11) is -2.86. The van der Waals surface area contributed by atoms with Crippen LogP contribution >= 0.6 is 0 Å². The van der Waals surface area contributed by atoms with E-state index in [-0.39, 0.29) is 17.9 Å². The second-order valence-electron chi connectivity index (χ2n) is 5.58. The van der Waals surface area contributed by atoms with Crippen LogP contribution in [0.15, 0.2) is 0 Å². The van der Waals surface area contributed by atoms with Crippen LogP contribution in [0.25, 0.3) is 0 Å². The van der Waals surface area contributed by atoms with Gasteiger partial charge < -0.3 is 15.0 Å². The minimum atomic E-state index is -2.86. The van der Waals surface area contributed by atoms with E-state index in [2.05, 4.69) is 5.32 Å². The minimum Gasteiger partial charge on any atom is -0.450 e. The molecule has 116 valence electrons. The molecule has 2 saturated heterocycles. The number of likely N-dealkylation sites (tertiary alicyclic amines) is 1. The molecule has 0 radical (unpaired) electrons. The highest BCUT2D eigenvalue weighted by Crippen LogP contribution is 2.17. The fourth-order valence-corrected chi connectivity index (χ4v) is 4.58. The average Bonchev–Trinajstić information content (AvgIpc) is 2.38. The van der Waals surface area contributed by atoms with E-state index in [1.807, 2.05) is 0 Å². The predicted octanol–water partition coefficient (Wildman–Crippen LogP) is 0.774. The van der Waals surface area contributed by atoms with Gasteiger partial charge in [0.05, 0.1) is 18.1 Å². The number of carbonyl (C=O) groups is 1. The SMILES string of the molecule is CCOC(=O)N1CCC(NC2CCCS(=O)(=O)C2)CC1. The Morgan fingerprint density at radius 1 is 1.25 bits per heavy atom. The summed E-state index contributed by atoms with van der Waals surface area (Å²) < 4.78 is 28.2. The molecule has 0 aromatic rings. The van der Waals surface area contributed by atoms with Crippen molar-refractivity contribution in [3.63, 3.8) is 0 Å². The van der Waals surface area contributed by atoms with E-state index in [9.17, 15) is 13.2 Å². The molecular formula is C13H24N2O4S. The first-order valence-electron chi connectivity index (χ1n) is 7.38. The predicted molar refractivity (Wildman–Crippen MR) is 76.4 cm³/mol. The summed E-state index contributed by atoms with van der Waals surface area (Å²) in [6, 6.07) is 0.381. The van der Waals surface area contributed by atoms with Crippen molar-refractivity contribution in [1.82, 2.24) is 10.2 Å². The molecule has 7 heteroatoms. The average molecular weight is 304 g/mol. The fraction of sp³-hybridized carbons (Fsp3) is 0.923. The fourth-order valence-electron chi connectivity index (χ4n) is 2.93. The second kappa shape index (κ2) is 6.76. The number of nitrogens with zero attached hydrogens (tertiary/aromatic N) is 1. The molecule has 0 bridgehead atoms. The Labute approximate surface area is 120 Å². The lowest BCUT2D eigenvalue weighted by atomic mass is 10.0. The Hall–Kier alpha value is -0.820. The lowest BCUT2D eigenvalue weighted by Crippen LogP contribution is -2.50. The summed E-state index contributed by atoms with van der Waals surface area (Å²) in [4.78, 5) is 13.3. The first kappa shape index (κ1) is 15.6. The highest BCUT2D eigenvalue weighted by atomic mass is 32.2. The molecule has 1 amide bonds. The van der Waals surface area contributed by atoms with E-state index >= 15 is 0 Å². The van der Waals surface area contributed by atoms with Crippen molar-refractivity contribution in [1.29, 1.82) is 0 Å². The van der Waals surface area contributed by atoms with Crippen LogP contribution in [0.5, 0.6) is 0 Å². The van der Waals surface area contributed by atoms with Gasteiger partial charge in [-0.3, -0.25) is 0 Å². The Bertz CT molecular complexity index is 430. The molecule has 2 fully saturated rings. The summed E-state index contributed by atoms with van der Waals surface area (Å²) in [6.07, 6.45) is 3.15. The lowest BCUT2D eigenvalue weighted by molar-refractivity contribution is 0.0943. The van der Waals surface area contributed by atoms with Gasteiger partial charge in [-0.05, 0) is 32.6 Å². The number of rotatable bonds is 3. The Morgan fingerprint density at radius 3 is 2.55 bits per heavy atom. The third-order valence-electron chi connectivity index (χ3n) is 3.96. The van der Waals surface area contributed by atoms with Gasteiger partial charge in [0.2, 0.25) is 0 Å². The third-order valence-corrected chi connectivity index (χ3v) is 5.78. The number of nitrogens with one attached hydrogen (secondary N) is 1. The molecule has 2 aliphatic heterocycles. The molecule has 2 rings (SSSR count). The Morgan fingerprint density at radius 2 is 1.95 bits per heavy atom. The molecule has 0 saturated carbocycles. The maximum Gasteiger partial charge on any atom is 0.409 e. The molecule has 6 nitrogen and oxygen atoms in total. The van der Waals surface area contributed by atoms with Crippen LogP contribution < -0.4 is 5.32 Å². The summed E-state index contributed by atoms with van der Waals surface area (Å²) in [6.45, 7) is 3.55. The van der Waals surface area contributed by atoms with Crippen LogP contribution in [-0.2, 0) is 14.6 Å². The van der Waals surface area contributed by atoms with Crippen molar-refractivity contribution in [3.05, 3.63) is 0 Å². The van der Waals surface area contributed by atoms with Crippen LogP contribution in [-0.4, -0.2) is 62.7 Å². The second-order valence-corrected chi connectivity index (χ2v) is 7.81. The number of ether oxygens (including phenoxy) is 1. The Balaban J connectivity index is 1.75. The summed E-state index contributed by atoms with van der Waals surface area (Å²) >= 11 is 0. The maximum atomic E-state index is 11.6. The van der Waals surface area contributed by atoms with Gasteiger partial charge >= 0.3 is 6.09 Å². The summed E-state index contributed by atoms with van der Waals surface area (Å²) in [5.74, 6) is 0.581. The quantitative estimate of drug-likeness (QED) is 0.833. The molecule has 0 aliphatic carbocycles. The molecule has 20 heavy (non-hydrogen) atoms. The number of carbonyl (C=O) groups excluding carboxylic acids is 1. The monoisotopic (exact) mass is 304 g/mol. The van der Waals surface area contributed by atoms with Crippen molar-refractivity contribution < 1.29 is 17.9 Å². The van der Waals surface area contributed by atoms with Crippen molar-refractivity contribution >= 4 is 15.9 Å². The highest BCUT2D eigenvalue weighted by molar-refractivity contribution is 7.91. The highest BCUT2D eigenvalue weighted by Gasteiger charge is 2.29. The Kier molecular flexibility index (Phi) is 5.26. The van der Waals surface area contributed by atoms with Gasteiger partial charge in [-0.25, -0.2) is 13.2 Å². The lowest BCUT2D eigenvalue weighted by Gasteiger charge is -2.34. The molecule has 1 atom stereocenters. The standard InChI is InChI=1S/C13H24N2O4S/c1-2-19-13(16)15-7-5-11(6-8-15)14-12-4-3-9-20(17,18)10-12/h11-12,14H,2-10H2,1H3. The van der Waals surface area contributed by atoms with Gasteiger partial charge in [-0.1, -0.05) is 0 Å². The molecular weight excluding hydrogens is 280 g/mol. The van der Waals surface area contributed by atoms with Crippen molar-refractivity contribution in [3.8, 4) is 0 Å². The van der Waals surface area contributed by atoms with E-state index < -0.39 is 9.84 Å². The normalized spacial score (nSPS) is 27.2. The zero-order chi connectivity index (χ0) is 14.6. The van der Waals surface area contributed by atoms with E-state index in [4.69, 9.17) is 4.74 Å². The van der Waals surface area contributed by atoms with Crippen molar-refractivity contribution in [2.45, 2.75) is 44.7 Å². The summed E-state index contributed by atoms with van der Waals surface area (Å²) in [5.41, 5.74) is 0. The molecule has 1 unspecified atom stereocenters. The first-order chi connectivity index (χ1) is 9.50. The van der Waals surface area contributed by atoms with Crippen LogP contribution in [0.2, 0.25) is 0 Å². The number of sulfone groups is 1. The number of hydrogen-bond donors (Lipinski definition) is 1. The van der Waals surface area contributed by atoms with Crippen LogP contribution in [0.4, 0.5) is 4.79 Å². The first-order valence-corrected chi connectivity index (χ1v) is 9.20. The molecule has 2 heterocycles.